The maximum atomic E-state index is 12.8. The summed E-state index contributed by atoms with van der Waals surface area (Å²) >= 11 is -0.853. The number of H-pyrrole nitrogens is 1. The highest BCUT2D eigenvalue weighted by Gasteiger charge is 2.20. The number of aryl methyl sites for hydroxylation is 1. The zero-order valence-corrected chi connectivity index (χ0v) is 16.5. The zero-order valence-electron chi connectivity index (χ0n) is 15.7. The highest BCUT2D eigenvalue weighted by molar-refractivity contribution is 7.90. The average Bonchev–Trinajstić information content (AvgIpc) is 3.02. The van der Waals surface area contributed by atoms with Crippen LogP contribution >= 0.6 is 0 Å². The van der Waals surface area contributed by atoms with E-state index in [-0.39, 0.29) is 0 Å². The van der Waals surface area contributed by atoms with Gasteiger partial charge in [0.2, 0.25) is 0 Å². The second-order valence-electron chi connectivity index (χ2n) is 7.26. The number of benzene rings is 2. The SMILES string of the molecule is Cc1[nH]c2ccccc2c1C[S+]([O-])CCC1CC(c2ccccc2)=CCN1. The summed E-state index contributed by atoms with van der Waals surface area (Å²) in [5.41, 5.74) is 6.17. The first-order valence-electron chi connectivity index (χ1n) is 9.59. The lowest BCUT2D eigenvalue weighted by atomic mass is 9.94. The first-order chi connectivity index (χ1) is 13.2. The third-order valence-corrected chi connectivity index (χ3v) is 6.69. The molecule has 2 N–H and O–H groups in total. The van der Waals surface area contributed by atoms with Gasteiger partial charge in [-0.1, -0.05) is 54.6 Å². The Bertz CT molecular complexity index is 932. The molecule has 3 aromatic rings. The molecular weight excluding hydrogens is 352 g/mol. The van der Waals surface area contributed by atoms with Crippen LogP contribution in [-0.2, 0) is 16.9 Å². The van der Waals surface area contributed by atoms with Crippen molar-refractivity contribution in [3.05, 3.63) is 77.5 Å². The molecule has 140 valence electrons. The Labute approximate surface area is 164 Å². The van der Waals surface area contributed by atoms with Gasteiger partial charge in [-0.05, 0) is 41.7 Å². The minimum Gasteiger partial charge on any atom is -0.616 e. The fraction of sp³-hybridized carbons (Fsp3) is 0.304. The molecule has 4 rings (SSSR count). The summed E-state index contributed by atoms with van der Waals surface area (Å²) in [7, 11) is 0. The van der Waals surface area contributed by atoms with Gasteiger partial charge in [0.15, 0.2) is 0 Å². The van der Waals surface area contributed by atoms with Gasteiger partial charge < -0.3 is 14.9 Å². The molecule has 0 spiro atoms. The van der Waals surface area contributed by atoms with Crippen LogP contribution in [0.4, 0.5) is 0 Å². The van der Waals surface area contributed by atoms with Crippen molar-refractivity contribution >= 4 is 27.7 Å². The van der Waals surface area contributed by atoms with E-state index in [0.29, 0.717) is 11.8 Å². The van der Waals surface area contributed by atoms with E-state index in [0.717, 1.165) is 36.3 Å². The van der Waals surface area contributed by atoms with Crippen LogP contribution in [0, 0.1) is 6.92 Å². The molecule has 0 saturated carbocycles. The van der Waals surface area contributed by atoms with Crippen LogP contribution in [0.3, 0.4) is 0 Å². The summed E-state index contributed by atoms with van der Waals surface area (Å²) < 4.78 is 12.8. The molecule has 0 saturated heterocycles. The van der Waals surface area contributed by atoms with Gasteiger partial charge in [-0.2, -0.15) is 0 Å². The molecule has 3 nitrogen and oxygen atoms in total. The Hall–Kier alpha value is -2.01. The van der Waals surface area contributed by atoms with E-state index in [2.05, 4.69) is 65.8 Å². The van der Waals surface area contributed by atoms with Crippen molar-refractivity contribution in [1.29, 1.82) is 0 Å². The predicted octanol–water partition coefficient (Wildman–Crippen LogP) is 4.56. The lowest BCUT2D eigenvalue weighted by molar-refractivity contribution is 0.515. The number of para-hydroxylation sites is 1. The largest absolute Gasteiger partial charge is 0.616 e. The average molecular weight is 379 g/mol. The Balaban J connectivity index is 1.35. The minimum atomic E-state index is -0.853. The van der Waals surface area contributed by atoms with Crippen LogP contribution in [0.2, 0.25) is 0 Å². The third-order valence-electron chi connectivity index (χ3n) is 5.39. The van der Waals surface area contributed by atoms with Crippen molar-refractivity contribution in [3.63, 3.8) is 0 Å². The molecule has 0 radical (unpaired) electrons. The van der Waals surface area contributed by atoms with Gasteiger partial charge in [0.05, 0.1) is 0 Å². The number of fused-ring (bicyclic) bond motifs is 1. The van der Waals surface area contributed by atoms with E-state index in [1.54, 1.807) is 0 Å². The van der Waals surface area contributed by atoms with E-state index >= 15 is 0 Å². The van der Waals surface area contributed by atoms with Gasteiger partial charge in [0.25, 0.3) is 0 Å². The highest BCUT2D eigenvalue weighted by Crippen LogP contribution is 2.26. The second-order valence-corrected chi connectivity index (χ2v) is 8.83. The third kappa shape index (κ3) is 4.29. The van der Waals surface area contributed by atoms with E-state index in [4.69, 9.17) is 0 Å². The number of aromatic amines is 1. The molecule has 0 bridgehead atoms. The predicted molar refractivity (Wildman–Crippen MR) is 115 cm³/mol. The minimum absolute atomic E-state index is 0.401. The first kappa shape index (κ1) is 18.4. The van der Waals surface area contributed by atoms with Crippen molar-refractivity contribution in [2.75, 3.05) is 12.3 Å². The van der Waals surface area contributed by atoms with Crippen LogP contribution in [0.1, 0.15) is 29.7 Å². The number of hydrogen-bond acceptors (Lipinski definition) is 2. The van der Waals surface area contributed by atoms with Crippen LogP contribution in [0.15, 0.2) is 60.7 Å². The molecule has 0 aliphatic carbocycles. The van der Waals surface area contributed by atoms with Crippen molar-refractivity contribution in [3.8, 4) is 0 Å². The van der Waals surface area contributed by atoms with Crippen molar-refractivity contribution in [1.82, 2.24) is 10.3 Å². The molecule has 2 unspecified atom stereocenters. The molecule has 2 heterocycles. The monoisotopic (exact) mass is 378 g/mol. The molecule has 0 amide bonds. The van der Waals surface area contributed by atoms with E-state index in [1.807, 2.05) is 12.1 Å². The quantitative estimate of drug-likeness (QED) is 0.618. The molecule has 2 atom stereocenters. The molecule has 1 aliphatic heterocycles. The van der Waals surface area contributed by atoms with Crippen LogP contribution in [0.25, 0.3) is 16.5 Å². The molecule has 4 heteroatoms. The first-order valence-corrected chi connectivity index (χ1v) is 11.1. The van der Waals surface area contributed by atoms with E-state index < -0.39 is 11.2 Å². The molecule has 0 fully saturated rings. The summed E-state index contributed by atoms with van der Waals surface area (Å²) in [6, 6.07) is 19.3. The van der Waals surface area contributed by atoms with Gasteiger partial charge in [-0.25, -0.2) is 0 Å². The van der Waals surface area contributed by atoms with Crippen molar-refractivity contribution in [2.24, 2.45) is 0 Å². The number of aromatic nitrogens is 1. The van der Waals surface area contributed by atoms with Gasteiger partial charge in [0.1, 0.15) is 11.5 Å². The smallest absolute Gasteiger partial charge is 0.133 e. The number of hydrogen-bond donors (Lipinski definition) is 2. The lowest BCUT2D eigenvalue weighted by Gasteiger charge is -2.25. The standard InChI is InChI=1S/C23H26N2OS/c1-17-22(21-9-5-6-10-23(21)25-17)16-27(26)14-12-20-15-19(11-13-24-20)18-7-3-2-4-8-18/h2-11,20,24-25H,12-16H2,1H3. The summed E-state index contributed by atoms with van der Waals surface area (Å²) in [6.45, 7) is 2.97. The normalized spacial score (nSPS) is 18.4. The van der Waals surface area contributed by atoms with Crippen molar-refractivity contribution < 1.29 is 4.55 Å². The van der Waals surface area contributed by atoms with Crippen LogP contribution in [0.5, 0.6) is 0 Å². The van der Waals surface area contributed by atoms with Gasteiger partial charge in [-0.15, -0.1) is 0 Å². The molecule has 1 aromatic heterocycles. The van der Waals surface area contributed by atoms with Gasteiger partial charge in [-0.3, -0.25) is 0 Å². The van der Waals surface area contributed by atoms with Gasteiger partial charge in [0, 0.05) is 41.2 Å². The maximum absolute atomic E-state index is 12.8. The fourth-order valence-electron chi connectivity index (χ4n) is 3.89. The Morgan fingerprint density at radius 1 is 1.07 bits per heavy atom. The Morgan fingerprint density at radius 3 is 2.70 bits per heavy atom. The summed E-state index contributed by atoms with van der Waals surface area (Å²) in [6.07, 6.45) is 4.23. The van der Waals surface area contributed by atoms with Crippen LogP contribution < -0.4 is 5.32 Å². The lowest BCUT2D eigenvalue weighted by Crippen LogP contribution is -2.34. The summed E-state index contributed by atoms with van der Waals surface area (Å²) in [5, 5.41) is 4.76. The molecule has 27 heavy (non-hydrogen) atoms. The number of nitrogens with one attached hydrogen (secondary N) is 2. The summed E-state index contributed by atoms with van der Waals surface area (Å²) in [4.78, 5) is 3.41. The highest BCUT2D eigenvalue weighted by atomic mass is 32.2. The fourth-order valence-corrected chi connectivity index (χ4v) is 5.28. The van der Waals surface area contributed by atoms with Crippen LogP contribution in [-0.4, -0.2) is 27.9 Å². The Kier molecular flexibility index (Phi) is 5.67. The zero-order chi connectivity index (χ0) is 18.6. The summed E-state index contributed by atoms with van der Waals surface area (Å²) in [5.74, 6) is 1.36. The second kappa shape index (κ2) is 8.34. The van der Waals surface area contributed by atoms with Gasteiger partial charge >= 0.3 is 0 Å². The Morgan fingerprint density at radius 2 is 1.85 bits per heavy atom. The molecular formula is C23H26N2OS. The van der Waals surface area contributed by atoms with E-state index in [1.165, 1.54) is 22.1 Å². The molecule has 1 aliphatic rings. The number of rotatable bonds is 6. The topological polar surface area (TPSA) is 50.9 Å². The van der Waals surface area contributed by atoms with E-state index in [9.17, 15) is 4.55 Å². The maximum Gasteiger partial charge on any atom is 0.133 e. The molecule has 2 aromatic carbocycles. The van der Waals surface area contributed by atoms with Crippen molar-refractivity contribution in [2.45, 2.75) is 31.6 Å².